The number of oxazole rings is 1. The predicted octanol–water partition coefficient (Wildman–Crippen LogP) is 1.97. The van der Waals surface area contributed by atoms with Crippen LogP contribution in [0.15, 0.2) is 47.3 Å². The van der Waals surface area contributed by atoms with Gasteiger partial charge >= 0.3 is 5.97 Å². The number of hydrogen-bond donors (Lipinski definition) is 0. The van der Waals surface area contributed by atoms with Crippen molar-refractivity contribution in [2.45, 2.75) is 6.61 Å². The van der Waals surface area contributed by atoms with Gasteiger partial charge in [-0.15, -0.1) is 0 Å². The molecule has 6 nitrogen and oxygen atoms in total. The molecular weight excluding hydrogens is 246 g/mol. The van der Waals surface area contributed by atoms with Crippen LogP contribution in [0.1, 0.15) is 16.4 Å². The largest absolute Gasteiger partial charge is 0.451 e. The van der Waals surface area contributed by atoms with Crippen LogP contribution in [-0.2, 0) is 11.3 Å². The molecule has 0 saturated heterocycles. The van der Waals surface area contributed by atoms with E-state index in [4.69, 9.17) is 9.15 Å². The Labute approximate surface area is 108 Å². The fourth-order valence-electron chi connectivity index (χ4n) is 1.59. The molecule has 0 atom stereocenters. The third-order valence-electron chi connectivity index (χ3n) is 2.44. The molecule has 0 bridgehead atoms. The summed E-state index contributed by atoms with van der Waals surface area (Å²) in [6, 6.07) is 7.34. The second kappa shape index (κ2) is 4.85. The maximum atomic E-state index is 11.6. The maximum absolute atomic E-state index is 11.6. The third kappa shape index (κ3) is 2.42. The van der Waals surface area contributed by atoms with E-state index >= 15 is 0 Å². The van der Waals surface area contributed by atoms with Crippen molar-refractivity contribution in [1.29, 1.82) is 0 Å². The Balaban J connectivity index is 1.71. The lowest BCUT2D eigenvalue weighted by molar-refractivity contribution is 0.0433. The average Bonchev–Trinajstić information content (AvgIpc) is 2.88. The Morgan fingerprint density at radius 1 is 1.26 bits per heavy atom. The molecule has 94 valence electrons. The first-order valence-electron chi connectivity index (χ1n) is 5.60. The number of carbonyl (C=O) groups excluding carboxylic acids is 1. The molecule has 1 aromatic carbocycles. The average molecular weight is 255 g/mol. The van der Waals surface area contributed by atoms with Crippen molar-refractivity contribution >= 4 is 17.1 Å². The van der Waals surface area contributed by atoms with Crippen LogP contribution < -0.4 is 0 Å². The number of nitrogens with zero attached hydrogens (tertiary/aromatic N) is 3. The summed E-state index contributed by atoms with van der Waals surface area (Å²) < 4.78 is 10.5. The van der Waals surface area contributed by atoms with Crippen LogP contribution in [0.4, 0.5) is 0 Å². The Hall–Kier alpha value is -2.76. The number of hydrogen-bond acceptors (Lipinski definition) is 6. The van der Waals surface area contributed by atoms with Gasteiger partial charge in [-0.3, -0.25) is 4.98 Å². The summed E-state index contributed by atoms with van der Waals surface area (Å²) in [5.41, 5.74) is 1.54. The van der Waals surface area contributed by atoms with Gasteiger partial charge < -0.3 is 9.15 Å². The van der Waals surface area contributed by atoms with Gasteiger partial charge in [0.2, 0.25) is 5.89 Å². The lowest BCUT2D eigenvalue weighted by Gasteiger charge is -2.00. The molecule has 0 N–H and O–H groups in total. The number of para-hydroxylation sites is 2. The molecule has 3 aromatic rings. The van der Waals surface area contributed by atoms with Crippen LogP contribution in [0.5, 0.6) is 0 Å². The standard InChI is InChI=1S/C13H9N3O3/c17-13(10-7-14-5-6-15-10)18-8-12-16-9-3-1-2-4-11(9)19-12/h1-7H,8H2. The number of esters is 1. The molecule has 0 fully saturated rings. The normalized spacial score (nSPS) is 10.5. The maximum Gasteiger partial charge on any atom is 0.359 e. The molecule has 19 heavy (non-hydrogen) atoms. The highest BCUT2D eigenvalue weighted by Crippen LogP contribution is 2.15. The number of ether oxygens (including phenoxy) is 1. The molecular formula is C13H9N3O3. The fourth-order valence-corrected chi connectivity index (χ4v) is 1.59. The topological polar surface area (TPSA) is 78.1 Å². The van der Waals surface area contributed by atoms with E-state index < -0.39 is 5.97 Å². The van der Waals surface area contributed by atoms with Gasteiger partial charge in [0.05, 0.1) is 6.20 Å². The highest BCUT2D eigenvalue weighted by atomic mass is 16.5. The van der Waals surface area contributed by atoms with Crippen LogP contribution >= 0.6 is 0 Å². The van der Waals surface area contributed by atoms with Crippen LogP contribution in [0.2, 0.25) is 0 Å². The summed E-state index contributed by atoms with van der Waals surface area (Å²) in [6.45, 7) is -0.0376. The van der Waals surface area contributed by atoms with Gasteiger partial charge in [-0.05, 0) is 12.1 Å². The second-order valence-electron chi connectivity index (χ2n) is 3.74. The van der Waals surface area contributed by atoms with Crippen LogP contribution in [0.3, 0.4) is 0 Å². The summed E-state index contributed by atoms with van der Waals surface area (Å²) in [5.74, 6) is -0.214. The number of aromatic nitrogens is 3. The molecule has 0 amide bonds. The molecule has 0 aliphatic carbocycles. The first-order valence-corrected chi connectivity index (χ1v) is 5.60. The zero-order valence-corrected chi connectivity index (χ0v) is 9.81. The number of fused-ring (bicyclic) bond motifs is 1. The fraction of sp³-hybridized carbons (Fsp3) is 0.0769. The SMILES string of the molecule is O=C(OCc1nc2ccccc2o1)c1cnccn1. The highest BCUT2D eigenvalue weighted by molar-refractivity contribution is 5.86. The van der Waals surface area contributed by atoms with E-state index in [-0.39, 0.29) is 12.3 Å². The summed E-state index contributed by atoms with van der Waals surface area (Å²) in [4.78, 5) is 23.5. The van der Waals surface area contributed by atoms with Gasteiger partial charge in [-0.25, -0.2) is 14.8 Å². The number of carbonyl (C=O) groups is 1. The van der Waals surface area contributed by atoms with E-state index in [0.29, 0.717) is 11.5 Å². The number of benzene rings is 1. The van der Waals surface area contributed by atoms with E-state index in [1.807, 2.05) is 18.2 Å². The predicted molar refractivity (Wildman–Crippen MR) is 65.2 cm³/mol. The van der Waals surface area contributed by atoms with E-state index in [0.717, 1.165) is 5.52 Å². The molecule has 0 radical (unpaired) electrons. The van der Waals surface area contributed by atoms with Gasteiger partial charge in [0.1, 0.15) is 5.52 Å². The highest BCUT2D eigenvalue weighted by Gasteiger charge is 2.11. The molecule has 0 aliphatic heterocycles. The smallest absolute Gasteiger partial charge is 0.359 e. The van der Waals surface area contributed by atoms with E-state index in [1.54, 1.807) is 6.07 Å². The zero-order chi connectivity index (χ0) is 13.1. The first-order chi connectivity index (χ1) is 9.33. The Bertz CT molecular complexity index is 676. The minimum absolute atomic E-state index is 0.0376. The van der Waals surface area contributed by atoms with Crippen LogP contribution in [0.25, 0.3) is 11.1 Å². The zero-order valence-electron chi connectivity index (χ0n) is 9.81. The van der Waals surface area contributed by atoms with Crippen LogP contribution in [0, 0.1) is 0 Å². The second-order valence-corrected chi connectivity index (χ2v) is 3.74. The van der Waals surface area contributed by atoms with Crippen LogP contribution in [-0.4, -0.2) is 20.9 Å². The lowest BCUT2D eigenvalue weighted by atomic mass is 10.3. The molecule has 2 aromatic heterocycles. The Morgan fingerprint density at radius 3 is 2.95 bits per heavy atom. The Kier molecular flexibility index (Phi) is 2.89. The van der Waals surface area contributed by atoms with E-state index in [2.05, 4.69) is 15.0 Å². The molecule has 0 saturated carbocycles. The minimum Gasteiger partial charge on any atom is -0.451 e. The molecule has 6 heteroatoms. The summed E-state index contributed by atoms with van der Waals surface area (Å²) >= 11 is 0. The third-order valence-corrected chi connectivity index (χ3v) is 2.44. The van der Waals surface area contributed by atoms with Crippen molar-refractivity contribution in [1.82, 2.24) is 15.0 Å². The molecule has 0 unspecified atom stereocenters. The number of rotatable bonds is 3. The Morgan fingerprint density at radius 2 is 2.16 bits per heavy atom. The lowest BCUT2D eigenvalue weighted by Crippen LogP contribution is -2.07. The van der Waals surface area contributed by atoms with Crippen molar-refractivity contribution in [3.8, 4) is 0 Å². The first kappa shape index (κ1) is 11.3. The van der Waals surface area contributed by atoms with Gasteiger partial charge in [0.15, 0.2) is 17.9 Å². The molecule has 3 rings (SSSR count). The van der Waals surface area contributed by atoms with Gasteiger partial charge in [-0.1, -0.05) is 12.1 Å². The van der Waals surface area contributed by atoms with E-state index in [1.165, 1.54) is 18.6 Å². The molecule has 2 heterocycles. The van der Waals surface area contributed by atoms with Gasteiger partial charge in [-0.2, -0.15) is 0 Å². The monoisotopic (exact) mass is 255 g/mol. The van der Waals surface area contributed by atoms with Gasteiger partial charge in [0.25, 0.3) is 0 Å². The summed E-state index contributed by atoms with van der Waals surface area (Å²) in [7, 11) is 0. The van der Waals surface area contributed by atoms with Gasteiger partial charge in [0, 0.05) is 12.4 Å². The summed E-state index contributed by atoms with van der Waals surface area (Å²) in [6.07, 6.45) is 4.25. The molecule has 0 aliphatic rings. The van der Waals surface area contributed by atoms with Crippen molar-refractivity contribution in [3.05, 3.63) is 54.4 Å². The minimum atomic E-state index is -0.560. The van der Waals surface area contributed by atoms with E-state index in [9.17, 15) is 4.79 Å². The van der Waals surface area contributed by atoms with Crippen molar-refractivity contribution in [2.24, 2.45) is 0 Å². The van der Waals surface area contributed by atoms with Crippen molar-refractivity contribution in [2.75, 3.05) is 0 Å². The molecule has 0 spiro atoms. The van der Waals surface area contributed by atoms with Crippen molar-refractivity contribution < 1.29 is 13.9 Å². The quantitative estimate of drug-likeness (QED) is 0.666. The van der Waals surface area contributed by atoms with Crippen molar-refractivity contribution in [3.63, 3.8) is 0 Å². The summed E-state index contributed by atoms with van der Waals surface area (Å²) in [5, 5.41) is 0.